The van der Waals surface area contributed by atoms with Gasteiger partial charge in [0.15, 0.2) is 0 Å². The van der Waals surface area contributed by atoms with E-state index < -0.39 is 12.1 Å². The van der Waals surface area contributed by atoms with E-state index in [0.717, 1.165) is 12.8 Å². The molecule has 1 aliphatic carbocycles. The molecule has 0 spiro atoms. The molecule has 0 radical (unpaired) electrons. The molecule has 23 heavy (non-hydrogen) atoms. The lowest BCUT2D eigenvalue weighted by molar-refractivity contribution is -0.138. The lowest BCUT2D eigenvalue weighted by atomic mass is 9.67. The number of aliphatic hydroxyl groups is 1. The fourth-order valence-corrected chi connectivity index (χ4v) is 3.56. The maximum Gasteiger partial charge on any atom is 0.337 e. The molecule has 0 bridgehead atoms. The summed E-state index contributed by atoms with van der Waals surface area (Å²) in [4.78, 5) is 24.3. The van der Waals surface area contributed by atoms with Crippen LogP contribution in [0, 0.1) is 23.7 Å². The summed E-state index contributed by atoms with van der Waals surface area (Å²) in [7, 11) is 1.33. The van der Waals surface area contributed by atoms with E-state index in [4.69, 9.17) is 0 Å². The van der Waals surface area contributed by atoms with Gasteiger partial charge in [-0.1, -0.05) is 32.9 Å². The lowest BCUT2D eigenvalue weighted by Gasteiger charge is -2.37. The number of Topliss-reactive ketones (excluding diaryl/α,β-unsaturated/α-hetero) is 1. The summed E-state index contributed by atoms with van der Waals surface area (Å²) >= 11 is 0. The second-order valence-corrected chi connectivity index (χ2v) is 6.89. The van der Waals surface area contributed by atoms with Crippen molar-refractivity contribution in [3.63, 3.8) is 0 Å². The number of hydrogen-bond acceptors (Lipinski definition) is 4. The second kappa shape index (κ2) is 7.26. The zero-order valence-corrected chi connectivity index (χ0v) is 14.3. The van der Waals surface area contributed by atoms with Crippen LogP contribution in [0.4, 0.5) is 0 Å². The lowest BCUT2D eigenvalue weighted by Crippen LogP contribution is -2.39. The molecule has 0 heterocycles. The number of ketones is 1. The molecule has 1 aromatic carbocycles. The highest BCUT2D eigenvalue weighted by molar-refractivity contribution is 5.89. The number of carbonyl (C=O) groups is 2. The van der Waals surface area contributed by atoms with Crippen molar-refractivity contribution < 1.29 is 19.4 Å². The number of esters is 1. The molecule has 1 saturated carbocycles. The van der Waals surface area contributed by atoms with Crippen LogP contribution in [0.2, 0.25) is 0 Å². The first kappa shape index (κ1) is 17.7. The minimum atomic E-state index is -0.828. The van der Waals surface area contributed by atoms with Crippen LogP contribution in [0.15, 0.2) is 24.3 Å². The summed E-state index contributed by atoms with van der Waals surface area (Å²) in [6.45, 7) is 6.16. The number of ether oxygens (including phenoxy) is 1. The molecule has 0 aromatic heterocycles. The Kier molecular flexibility index (Phi) is 5.58. The van der Waals surface area contributed by atoms with Crippen LogP contribution >= 0.6 is 0 Å². The van der Waals surface area contributed by atoms with Crippen molar-refractivity contribution in [1.29, 1.82) is 0 Å². The minimum absolute atomic E-state index is 0.0280. The molecule has 4 nitrogen and oxygen atoms in total. The van der Waals surface area contributed by atoms with Crippen LogP contribution in [0.25, 0.3) is 0 Å². The number of methoxy groups -OCH3 is 1. The smallest absolute Gasteiger partial charge is 0.337 e. The van der Waals surface area contributed by atoms with Gasteiger partial charge in [-0.05, 0) is 42.4 Å². The van der Waals surface area contributed by atoms with Crippen molar-refractivity contribution in [2.24, 2.45) is 23.7 Å². The molecule has 1 aliphatic rings. The van der Waals surface area contributed by atoms with Crippen LogP contribution in [0.3, 0.4) is 0 Å². The molecular weight excluding hydrogens is 292 g/mol. The maximum atomic E-state index is 12.8. The van der Waals surface area contributed by atoms with E-state index in [0.29, 0.717) is 17.0 Å². The quantitative estimate of drug-likeness (QED) is 0.864. The average Bonchev–Trinajstić information content (AvgIpc) is 2.53. The third kappa shape index (κ3) is 3.63. The normalized spacial score (nSPS) is 26.2. The van der Waals surface area contributed by atoms with Gasteiger partial charge in [-0.15, -0.1) is 0 Å². The number of rotatable bonds is 4. The SMILES string of the molecule is COC(=O)c1ccc(C(O)C2C(=O)C(C(C)C)CCC2C)cc1. The molecule has 4 atom stereocenters. The third-order valence-electron chi connectivity index (χ3n) is 5.06. The number of carbonyl (C=O) groups excluding carboxylic acids is 2. The summed E-state index contributed by atoms with van der Waals surface area (Å²) < 4.78 is 4.67. The first-order valence-corrected chi connectivity index (χ1v) is 8.26. The Morgan fingerprint density at radius 1 is 1.22 bits per heavy atom. The van der Waals surface area contributed by atoms with Crippen LogP contribution in [0.1, 0.15) is 55.6 Å². The molecule has 0 amide bonds. The van der Waals surface area contributed by atoms with Crippen molar-refractivity contribution in [3.05, 3.63) is 35.4 Å². The number of benzene rings is 1. The first-order chi connectivity index (χ1) is 10.9. The molecule has 4 heteroatoms. The Hall–Kier alpha value is -1.68. The fourth-order valence-electron chi connectivity index (χ4n) is 3.56. The van der Waals surface area contributed by atoms with Crippen LogP contribution in [0.5, 0.6) is 0 Å². The van der Waals surface area contributed by atoms with Crippen molar-refractivity contribution in [3.8, 4) is 0 Å². The van der Waals surface area contributed by atoms with Gasteiger partial charge in [0.2, 0.25) is 0 Å². The van der Waals surface area contributed by atoms with E-state index in [9.17, 15) is 14.7 Å². The number of hydrogen-bond donors (Lipinski definition) is 1. The van der Waals surface area contributed by atoms with E-state index in [1.54, 1.807) is 24.3 Å². The molecule has 0 saturated heterocycles. The monoisotopic (exact) mass is 318 g/mol. The second-order valence-electron chi connectivity index (χ2n) is 6.89. The molecule has 0 aliphatic heterocycles. The van der Waals surface area contributed by atoms with Crippen molar-refractivity contribution in [2.75, 3.05) is 7.11 Å². The van der Waals surface area contributed by atoms with Gasteiger partial charge in [0, 0.05) is 5.92 Å². The standard InChI is InChI=1S/C19H26O4/c1-11(2)15-10-5-12(3)16(18(15)21)17(20)13-6-8-14(9-7-13)19(22)23-4/h6-9,11-12,15-17,20H,5,10H2,1-4H3. The zero-order chi connectivity index (χ0) is 17.1. The Labute approximate surface area is 137 Å². The van der Waals surface area contributed by atoms with E-state index >= 15 is 0 Å². The van der Waals surface area contributed by atoms with Crippen LogP contribution in [-0.4, -0.2) is 24.0 Å². The summed E-state index contributed by atoms with van der Waals surface area (Å²) in [5.41, 5.74) is 1.11. The van der Waals surface area contributed by atoms with Gasteiger partial charge >= 0.3 is 5.97 Å². The van der Waals surface area contributed by atoms with Crippen LogP contribution < -0.4 is 0 Å². The third-order valence-corrected chi connectivity index (χ3v) is 5.06. The summed E-state index contributed by atoms with van der Waals surface area (Å²) in [5.74, 6) is -0.129. The van der Waals surface area contributed by atoms with Crippen molar-refractivity contribution in [2.45, 2.75) is 39.7 Å². The highest BCUT2D eigenvalue weighted by Crippen LogP contribution is 2.40. The minimum Gasteiger partial charge on any atom is -0.465 e. The van der Waals surface area contributed by atoms with Gasteiger partial charge in [-0.3, -0.25) is 4.79 Å². The molecule has 1 aromatic rings. The molecular formula is C19H26O4. The van der Waals surface area contributed by atoms with Gasteiger partial charge in [0.05, 0.1) is 24.7 Å². The summed E-state index contributed by atoms with van der Waals surface area (Å²) in [6, 6.07) is 6.66. The number of aliphatic hydroxyl groups excluding tert-OH is 1. The Bertz CT molecular complexity index is 561. The molecule has 4 unspecified atom stereocenters. The van der Waals surface area contributed by atoms with Crippen molar-refractivity contribution in [1.82, 2.24) is 0 Å². The van der Waals surface area contributed by atoms with Gasteiger partial charge in [-0.2, -0.15) is 0 Å². The largest absolute Gasteiger partial charge is 0.465 e. The topological polar surface area (TPSA) is 63.6 Å². The van der Waals surface area contributed by atoms with E-state index in [1.165, 1.54) is 7.11 Å². The predicted octanol–water partition coefficient (Wildman–Crippen LogP) is 3.39. The Balaban J connectivity index is 2.22. The molecule has 1 fully saturated rings. The van der Waals surface area contributed by atoms with E-state index in [2.05, 4.69) is 18.6 Å². The van der Waals surface area contributed by atoms with E-state index in [-0.39, 0.29) is 23.5 Å². The summed E-state index contributed by atoms with van der Waals surface area (Å²) in [6.07, 6.45) is 1.03. The van der Waals surface area contributed by atoms with Gasteiger partial charge < -0.3 is 9.84 Å². The van der Waals surface area contributed by atoms with Crippen LogP contribution in [-0.2, 0) is 9.53 Å². The molecule has 1 N–H and O–H groups in total. The van der Waals surface area contributed by atoms with E-state index in [1.807, 2.05) is 6.92 Å². The fraction of sp³-hybridized carbons (Fsp3) is 0.579. The van der Waals surface area contributed by atoms with Gasteiger partial charge in [0.25, 0.3) is 0 Å². The zero-order valence-electron chi connectivity index (χ0n) is 14.3. The van der Waals surface area contributed by atoms with Crippen molar-refractivity contribution >= 4 is 11.8 Å². The highest BCUT2D eigenvalue weighted by atomic mass is 16.5. The van der Waals surface area contributed by atoms with Gasteiger partial charge in [-0.25, -0.2) is 4.79 Å². The Morgan fingerprint density at radius 3 is 2.35 bits per heavy atom. The highest BCUT2D eigenvalue weighted by Gasteiger charge is 2.41. The average molecular weight is 318 g/mol. The predicted molar refractivity (Wildman–Crippen MR) is 88.0 cm³/mol. The summed E-state index contributed by atoms with van der Waals surface area (Å²) in [5, 5.41) is 10.7. The van der Waals surface area contributed by atoms with Gasteiger partial charge in [0.1, 0.15) is 5.78 Å². The Morgan fingerprint density at radius 2 is 1.83 bits per heavy atom. The first-order valence-electron chi connectivity index (χ1n) is 8.26. The maximum absolute atomic E-state index is 12.8. The molecule has 126 valence electrons. The molecule has 2 rings (SSSR count).